The van der Waals surface area contributed by atoms with Crippen LogP contribution in [0.2, 0.25) is 0 Å². The van der Waals surface area contributed by atoms with E-state index in [-0.39, 0.29) is 6.10 Å². The SMILES string of the molecule is CC1CN(CC2CCOCO2)c2ccccc2CN1. The van der Waals surface area contributed by atoms with Crippen molar-refractivity contribution in [2.45, 2.75) is 32.0 Å². The van der Waals surface area contributed by atoms with Crippen LogP contribution in [0.4, 0.5) is 5.69 Å². The highest BCUT2D eigenvalue weighted by molar-refractivity contribution is 5.54. The van der Waals surface area contributed by atoms with Gasteiger partial charge in [0.1, 0.15) is 6.79 Å². The van der Waals surface area contributed by atoms with Gasteiger partial charge in [0.15, 0.2) is 0 Å². The van der Waals surface area contributed by atoms with Gasteiger partial charge < -0.3 is 19.7 Å². The van der Waals surface area contributed by atoms with Gasteiger partial charge in [-0.2, -0.15) is 0 Å². The number of para-hydroxylation sites is 1. The summed E-state index contributed by atoms with van der Waals surface area (Å²) < 4.78 is 10.9. The first-order chi connectivity index (χ1) is 9.33. The number of benzene rings is 1. The molecule has 4 nitrogen and oxygen atoms in total. The summed E-state index contributed by atoms with van der Waals surface area (Å²) in [5, 5.41) is 3.56. The maximum atomic E-state index is 5.69. The standard InChI is InChI=1S/C15H22N2O2/c1-12-9-17(10-14-6-7-18-11-19-14)15-5-3-2-4-13(15)8-16-12/h2-5,12,14,16H,6-11H2,1H3. The van der Waals surface area contributed by atoms with Crippen molar-refractivity contribution in [3.63, 3.8) is 0 Å². The Morgan fingerprint density at radius 3 is 3.11 bits per heavy atom. The van der Waals surface area contributed by atoms with Crippen LogP contribution < -0.4 is 10.2 Å². The van der Waals surface area contributed by atoms with Gasteiger partial charge in [-0.05, 0) is 25.0 Å². The van der Waals surface area contributed by atoms with Gasteiger partial charge in [0.2, 0.25) is 0 Å². The molecule has 0 bridgehead atoms. The first-order valence-electron chi connectivity index (χ1n) is 7.08. The van der Waals surface area contributed by atoms with E-state index in [9.17, 15) is 0 Å². The average molecular weight is 262 g/mol. The van der Waals surface area contributed by atoms with Crippen LogP contribution in [0.5, 0.6) is 0 Å². The largest absolute Gasteiger partial charge is 0.367 e. The Kier molecular flexibility index (Phi) is 4.01. The maximum absolute atomic E-state index is 5.69. The molecular weight excluding hydrogens is 240 g/mol. The Morgan fingerprint density at radius 2 is 2.26 bits per heavy atom. The first kappa shape index (κ1) is 12.9. The minimum atomic E-state index is 0.284. The second kappa shape index (κ2) is 5.90. The van der Waals surface area contributed by atoms with Crippen molar-refractivity contribution in [1.29, 1.82) is 0 Å². The first-order valence-corrected chi connectivity index (χ1v) is 7.08. The molecule has 2 aliphatic heterocycles. The Labute approximate surface area is 114 Å². The van der Waals surface area contributed by atoms with Gasteiger partial charge in [-0.3, -0.25) is 0 Å². The predicted octanol–water partition coefficient (Wildman–Crippen LogP) is 1.75. The van der Waals surface area contributed by atoms with Gasteiger partial charge in [-0.1, -0.05) is 18.2 Å². The van der Waals surface area contributed by atoms with E-state index in [1.54, 1.807) is 0 Å². The Hall–Kier alpha value is -1.10. The van der Waals surface area contributed by atoms with E-state index >= 15 is 0 Å². The predicted molar refractivity (Wildman–Crippen MR) is 75.3 cm³/mol. The van der Waals surface area contributed by atoms with Gasteiger partial charge in [0.05, 0.1) is 12.7 Å². The van der Waals surface area contributed by atoms with E-state index in [4.69, 9.17) is 9.47 Å². The van der Waals surface area contributed by atoms with Gasteiger partial charge in [0, 0.05) is 31.4 Å². The van der Waals surface area contributed by atoms with Crippen LogP contribution in [0.3, 0.4) is 0 Å². The minimum Gasteiger partial charge on any atom is -0.367 e. The number of fused-ring (bicyclic) bond motifs is 1. The summed E-state index contributed by atoms with van der Waals surface area (Å²) in [4.78, 5) is 2.45. The number of nitrogens with zero attached hydrogens (tertiary/aromatic N) is 1. The zero-order chi connectivity index (χ0) is 13.1. The third-order valence-electron chi connectivity index (χ3n) is 3.86. The van der Waals surface area contributed by atoms with Crippen LogP contribution in [0.25, 0.3) is 0 Å². The van der Waals surface area contributed by atoms with E-state index in [1.165, 1.54) is 11.3 Å². The van der Waals surface area contributed by atoms with Crippen LogP contribution in [0.1, 0.15) is 18.9 Å². The molecule has 2 heterocycles. The molecule has 104 valence electrons. The smallest absolute Gasteiger partial charge is 0.147 e. The van der Waals surface area contributed by atoms with Crippen LogP contribution in [0.15, 0.2) is 24.3 Å². The number of anilines is 1. The third kappa shape index (κ3) is 3.08. The molecule has 1 saturated heterocycles. The summed E-state index contributed by atoms with van der Waals surface area (Å²) in [6, 6.07) is 9.14. The fourth-order valence-corrected chi connectivity index (χ4v) is 2.81. The molecule has 0 saturated carbocycles. The molecule has 2 unspecified atom stereocenters. The molecule has 1 N–H and O–H groups in total. The summed E-state index contributed by atoms with van der Waals surface area (Å²) >= 11 is 0. The molecule has 1 fully saturated rings. The van der Waals surface area contributed by atoms with E-state index in [1.807, 2.05) is 0 Å². The number of ether oxygens (including phenoxy) is 2. The van der Waals surface area contributed by atoms with Crippen molar-refractivity contribution in [1.82, 2.24) is 5.32 Å². The summed E-state index contributed by atoms with van der Waals surface area (Å²) in [5.41, 5.74) is 2.72. The highest BCUT2D eigenvalue weighted by Gasteiger charge is 2.23. The highest BCUT2D eigenvalue weighted by Crippen LogP contribution is 2.24. The maximum Gasteiger partial charge on any atom is 0.147 e. The second-order valence-electron chi connectivity index (χ2n) is 5.42. The molecule has 0 aromatic heterocycles. The normalized spacial score (nSPS) is 27.7. The van der Waals surface area contributed by atoms with Crippen molar-refractivity contribution in [2.24, 2.45) is 0 Å². The van der Waals surface area contributed by atoms with Crippen molar-refractivity contribution < 1.29 is 9.47 Å². The number of rotatable bonds is 2. The molecule has 2 atom stereocenters. The van der Waals surface area contributed by atoms with Crippen molar-refractivity contribution in [3.05, 3.63) is 29.8 Å². The number of hydrogen-bond acceptors (Lipinski definition) is 4. The molecule has 0 radical (unpaired) electrons. The molecule has 19 heavy (non-hydrogen) atoms. The molecule has 0 spiro atoms. The Morgan fingerprint density at radius 1 is 1.37 bits per heavy atom. The summed E-state index contributed by atoms with van der Waals surface area (Å²) in [6.07, 6.45) is 1.27. The van der Waals surface area contributed by atoms with Gasteiger partial charge >= 0.3 is 0 Å². The van der Waals surface area contributed by atoms with E-state index in [2.05, 4.69) is 41.4 Å². The lowest BCUT2D eigenvalue weighted by molar-refractivity contribution is -0.135. The number of nitrogens with one attached hydrogen (secondary N) is 1. The van der Waals surface area contributed by atoms with Gasteiger partial charge in [0.25, 0.3) is 0 Å². The molecule has 0 amide bonds. The van der Waals surface area contributed by atoms with Gasteiger partial charge in [-0.25, -0.2) is 0 Å². The number of hydrogen-bond donors (Lipinski definition) is 1. The molecule has 1 aromatic carbocycles. The minimum absolute atomic E-state index is 0.284. The van der Waals surface area contributed by atoms with E-state index < -0.39 is 0 Å². The van der Waals surface area contributed by atoms with Crippen molar-refractivity contribution in [3.8, 4) is 0 Å². The zero-order valence-electron chi connectivity index (χ0n) is 11.5. The van der Waals surface area contributed by atoms with Crippen molar-refractivity contribution >= 4 is 5.69 Å². The molecule has 3 rings (SSSR count). The Bertz CT molecular complexity index is 418. The Balaban J connectivity index is 1.77. The van der Waals surface area contributed by atoms with Crippen molar-refractivity contribution in [2.75, 3.05) is 31.4 Å². The van der Waals surface area contributed by atoms with Crippen LogP contribution in [-0.2, 0) is 16.0 Å². The lowest BCUT2D eigenvalue weighted by Crippen LogP contribution is -2.42. The van der Waals surface area contributed by atoms with E-state index in [0.29, 0.717) is 12.8 Å². The third-order valence-corrected chi connectivity index (χ3v) is 3.86. The summed E-state index contributed by atoms with van der Waals surface area (Å²) in [7, 11) is 0. The molecule has 4 heteroatoms. The van der Waals surface area contributed by atoms with E-state index in [0.717, 1.165) is 32.7 Å². The summed E-state index contributed by atoms with van der Waals surface area (Å²) in [6.45, 7) is 6.41. The van der Waals surface area contributed by atoms with Crippen LogP contribution in [0, 0.1) is 0 Å². The molecule has 1 aromatic rings. The topological polar surface area (TPSA) is 33.7 Å². The lowest BCUT2D eigenvalue weighted by Gasteiger charge is -2.32. The second-order valence-corrected chi connectivity index (χ2v) is 5.42. The molecular formula is C15H22N2O2. The molecule has 0 aliphatic carbocycles. The fourth-order valence-electron chi connectivity index (χ4n) is 2.81. The van der Waals surface area contributed by atoms with Crippen LogP contribution >= 0.6 is 0 Å². The highest BCUT2D eigenvalue weighted by atomic mass is 16.7. The zero-order valence-corrected chi connectivity index (χ0v) is 11.5. The summed E-state index contributed by atoms with van der Waals surface area (Å²) in [5.74, 6) is 0. The fraction of sp³-hybridized carbons (Fsp3) is 0.600. The average Bonchev–Trinajstić information content (AvgIpc) is 2.60. The van der Waals surface area contributed by atoms with Gasteiger partial charge in [-0.15, -0.1) is 0 Å². The van der Waals surface area contributed by atoms with Crippen LogP contribution in [-0.4, -0.2) is 38.6 Å². The molecule has 2 aliphatic rings. The monoisotopic (exact) mass is 262 g/mol. The lowest BCUT2D eigenvalue weighted by atomic mass is 10.1. The quantitative estimate of drug-likeness (QED) is 0.880.